The van der Waals surface area contributed by atoms with Crippen LogP contribution in [-0.2, 0) is 19.4 Å². The van der Waals surface area contributed by atoms with E-state index in [0.29, 0.717) is 30.6 Å². The maximum atomic E-state index is 12.6. The van der Waals surface area contributed by atoms with Gasteiger partial charge in [-0.15, -0.1) is 0 Å². The van der Waals surface area contributed by atoms with E-state index in [0.717, 1.165) is 24.8 Å². The number of hydrogen-bond donors (Lipinski definition) is 2. The molecule has 0 amide bonds. The Hall–Kier alpha value is -0.760. The van der Waals surface area contributed by atoms with Gasteiger partial charge in [0.15, 0.2) is 5.78 Å². The van der Waals surface area contributed by atoms with Gasteiger partial charge in [-0.3, -0.25) is 9.35 Å². The minimum absolute atomic E-state index is 0.130. The fraction of sp³-hybridized carbons (Fsp3) is 0.900. The fourth-order valence-corrected chi connectivity index (χ4v) is 12.1. The van der Waals surface area contributed by atoms with E-state index in [4.69, 9.17) is 4.18 Å². The molecule has 210 valence electrons. The molecule has 5 saturated carbocycles. The molecule has 0 radical (unpaired) electrons. The van der Waals surface area contributed by atoms with Gasteiger partial charge in [-0.05, 0) is 123 Å². The molecule has 5 aliphatic carbocycles. The number of carbonyl (C=O) groups is 1. The molecule has 5 aliphatic rings. The van der Waals surface area contributed by atoms with Crippen molar-refractivity contribution in [3.05, 3.63) is 11.6 Å². The van der Waals surface area contributed by atoms with Crippen LogP contribution in [0.4, 0.5) is 0 Å². The van der Waals surface area contributed by atoms with Gasteiger partial charge in [-0.1, -0.05) is 33.3 Å². The first-order valence-electron chi connectivity index (χ1n) is 14.5. The third kappa shape index (κ3) is 3.80. The van der Waals surface area contributed by atoms with Crippen molar-refractivity contribution in [1.29, 1.82) is 0 Å². The molecule has 7 heteroatoms. The van der Waals surface area contributed by atoms with Crippen LogP contribution in [0.2, 0.25) is 0 Å². The molecule has 0 saturated heterocycles. The summed E-state index contributed by atoms with van der Waals surface area (Å²) < 4.78 is 37.8. The lowest BCUT2D eigenvalue weighted by Crippen LogP contribution is -2.59. The monoisotopic (exact) mass is 536 g/mol. The van der Waals surface area contributed by atoms with E-state index >= 15 is 0 Å². The molecule has 5 fully saturated rings. The Labute approximate surface area is 224 Å². The van der Waals surface area contributed by atoms with Gasteiger partial charge in [-0.2, -0.15) is 8.42 Å². The Morgan fingerprint density at radius 1 is 0.973 bits per heavy atom. The summed E-state index contributed by atoms with van der Waals surface area (Å²) in [6.45, 7) is 13.2. The minimum atomic E-state index is -4.57. The van der Waals surface area contributed by atoms with Crippen LogP contribution in [0, 0.1) is 50.7 Å². The largest absolute Gasteiger partial charge is 0.397 e. The highest BCUT2D eigenvalue weighted by molar-refractivity contribution is 7.80. The van der Waals surface area contributed by atoms with Crippen LogP contribution in [0.3, 0.4) is 0 Å². The van der Waals surface area contributed by atoms with Gasteiger partial charge in [0.05, 0.1) is 12.7 Å². The number of carbonyl (C=O) groups excluding carboxylic acids is 1. The molecule has 37 heavy (non-hydrogen) atoms. The second-order valence-electron chi connectivity index (χ2n) is 14.7. The highest BCUT2D eigenvalue weighted by Crippen LogP contribution is 2.89. The molecule has 0 aromatic heterocycles. The van der Waals surface area contributed by atoms with Crippen molar-refractivity contribution in [1.82, 2.24) is 0 Å². The minimum Gasteiger partial charge on any atom is -0.396 e. The number of rotatable bonds is 7. The molecular weight excluding hydrogens is 488 g/mol. The van der Waals surface area contributed by atoms with Crippen molar-refractivity contribution in [3.8, 4) is 0 Å². The van der Waals surface area contributed by atoms with Gasteiger partial charge in [0.2, 0.25) is 0 Å². The van der Waals surface area contributed by atoms with Crippen molar-refractivity contribution < 1.29 is 27.1 Å². The summed E-state index contributed by atoms with van der Waals surface area (Å²) in [6, 6.07) is 0. The lowest BCUT2D eigenvalue weighted by molar-refractivity contribution is -0.170. The Balaban J connectivity index is 1.41. The van der Waals surface area contributed by atoms with Crippen molar-refractivity contribution in [2.75, 3.05) is 6.61 Å². The summed E-state index contributed by atoms with van der Waals surface area (Å²) in [5.74, 6) is 2.01. The van der Waals surface area contributed by atoms with Crippen molar-refractivity contribution in [3.63, 3.8) is 0 Å². The lowest BCUT2D eigenvalue weighted by atomic mass is 9.41. The van der Waals surface area contributed by atoms with Gasteiger partial charge < -0.3 is 5.11 Å². The lowest BCUT2D eigenvalue weighted by Gasteiger charge is -2.63. The van der Waals surface area contributed by atoms with Crippen LogP contribution in [0.1, 0.15) is 106 Å². The number of fused-ring (bicyclic) bond motifs is 2. The average Bonchev–Trinajstić information content (AvgIpc) is 3.36. The second kappa shape index (κ2) is 8.62. The average molecular weight is 537 g/mol. The first-order valence-corrected chi connectivity index (χ1v) is 15.9. The standard InChI is InChI=1S/C30H48O6S/c1-19(2)15-21(32)16-20(3)22-9-11-28(6)24-8-7-23-26(4,18-31)25(36-37(33,34)35)10-12-29(23)17-30(24,29)14-13-27(22,28)5/h15,20,22-25,31H,7-14,16-18H2,1-6H3,(H,33,34,35)/t20-,22-,23+,24+,25+,26+,27-,28+,29-,30+/m1/s1. The van der Waals surface area contributed by atoms with E-state index in [2.05, 4.69) is 20.8 Å². The highest BCUT2D eigenvalue weighted by atomic mass is 32.3. The van der Waals surface area contributed by atoms with Crippen LogP contribution >= 0.6 is 0 Å². The maximum absolute atomic E-state index is 12.6. The molecule has 6 nitrogen and oxygen atoms in total. The first-order chi connectivity index (χ1) is 17.1. The molecule has 2 spiro atoms. The number of aliphatic hydroxyl groups is 1. The number of ketones is 1. The van der Waals surface area contributed by atoms with Crippen molar-refractivity contribution in [2.24, 2.45) is 50.7 Å². The van der Waals surface area contributed by atoms with Crippen molar-refractivity contribution in [2.45, 2.75) is 112 Å². The Morgan fingerprint density at radius 3 is 2.24 bits per heavy atom. The van der Waals surface area contributed by atoms with E-state index in [1.807, 2.05) is 20.8 Å². The smallest absolute Gasteiger partial charge is 0.396 e. The fourth-order valence-electron chi connectivity index (χ4n) is 11.5. The second-order valence-corrected chi connectivity index (χ2v) is 15.8. The van der Waals surface area contributed by atoms with Crippen LogP contribution in [0.25, 0.3) is 0 Å². The number of allylic oxidation sites excluding steroid dienone is 2. The van der Waals surface area contributed by atoms with Gasteiger partial charge in [0.1, 0.15) is 0 Å². The molecule has 2 N–H and O–H groups in total. The molecule has 10 atom stereocenters. The topological polar surface area (TPSA) is 101 Å². The molecule has 0 aromatic carbocycles. The predicted octanol–water partition coefficient (Wildman–Crippen LogP) is 6.15. The van der Waals surface area contributed by atoms with Gasteiger partial charge >= 0.3 is 10.4 Å². The van der Waals surface area contributed by atoms with Crippen molar-refractivity contribution >= 4 is 16.2 Å². The molecule has 0 aliphatic heterocycles. The predicted molar refractivity (Wildman–Crippen MR) is 143 cm³/mol. The first kappa shape index (κ1) is 27.8. The van der Waals surface area contributed by atoms with E-state index < -0.39 is 21.9 Å². The summed E-state index contributed by atoms with van der Waals surface area (Å²) >= 11 is 0. The van der Waals surface area contributed by atoms with Crippen LogP contribution in [0.5, 0.6) is 0 Å². The maximum Gasteiger partial charge on any atom is 0.397 e. The third-order valence-corrected chi connectivity index (χ3v) is 13.6. The zero-order chi connectivity index (χ0) is 27.2. The number of aliphatic hydroxyl groups excluding tert-OH is 1. The summed E-state index contributed by atoms with van der Waals surface area (Å²) in [4.78, 5) is 12.6. The van der Waals surface area contributed by atoms with E-state index in [1.54, 1.807) is 6.08 Å². The molecule has 0 aromatic rings. The zero-order valence-electron chi connectivity index (χ0n) is 23.7. The molecule has 0 heterocycles. The van der Waals surface area contributed by atoms with E-state index in [-0.39, 0.29) is 40.0 Å². The van der Waals surface area contributed by atoms with Crippen LogP contribution < -0.4 is 0 Å². The Kier molecular flexibility index (Phi) is 6.47. The molecule has 0 bridgehead atoms. The summed E-state index contributed by atoms with van der Waals surface area (Å²) in [5.41, 5.74) is 1.24. The van der Waals surface area contributed by atoms with Gasteiger partial charge in [0, 0.05) is 11.8 Å². The Bertz CT molecular complexity index is 1100. The van der Waals surface area contributed by atoms with Crippen LogP contribution in [0.15, 0.2) is 11.6 Å². The highest BCUT2D eigenvalue weighted by Gasteiger charge is 2.82. The van der Waals surface area contributed by atoms with E-state index in [1.165, 1.54) is 32.1 Å². The normalized spacial score (nSPS) is 49.2. The van der Waals surface area contributed by atoms with Gasteiger partial charge in [-0.25, -0.2) is 4.18 Å². The Morgan fingerprint density at radius 2 is 1.62 bits per heavy atom. The quantitative estimate of drug-likeness (QED) is 0.299. The summed E-state index contributed by atoms with van der Waals surface area (Å²) in [5, 5.41) is 10.6. The molecule has 0 unspecified atom stereocenters. The van der Waals surface area contributed by atoms with Crippen LogP contribution in [-0.4, -0.2) is 36.6 Å². The SMILES string of the molecule is CC(C)=CC(=O)C[C@@H](C)[C@H]1CC[C@@]2(C)[C@@H]3CC[C@H]4[C@](C)(CO)[C@@H](OS(=O)(=O)O)CC[C@@]45C[C@@]35CC[C@]12C. The zero-order valence-corrected chi connectivity index (χ0v) is 24.5. The molecular formula is C30H48O6S. The third-order valence-electron chi connectivity index (χ3n) is 13.2. The van der Waals surface area contributed by atoms with E-state index in [9.17, 15) is 22.9 Å². The summed E-state index contributed by atoms with van der Waals surface area (Å²) in [6.07, 6.45) is 11.3. The summed E-state index contributed by atoms with van der Waals surface area (Å²) in [7, 11) is -4.57. The van der Waals surface area contributed by atoms with Gasteiger partial charge in [0.25, 0.3) is 0 Å². The molecule has 5 rings (SSSR count). The number of hydrogen-bond acceptors (Lipinski definition) is 5.